The Labute approximate surface area is 151 Å². The molecule has 1 atom stereocenters. The molecule has 1 aromatic heterocycles. The standard InChI is InChI=1S/C19H21NO4S/c1-3-23-17-10-13-9-12(2)24-16(13)11-14(17)20-19(22)7-6-15(21)18-5-4-8-25-18/h4-5,8,10-12H,3,6-7,9H2,1-2H3,(H,20,22). The molecule has 3 rings (SSSR count). The van der Waals surface area contributed by atoms with Crippen LogP contribution in [-0.2, 0) is 11.2 Å². The van der Waals surface area contributed by atoms with Gasteiger partial charge in [0.15, 0.2) is 5.78 Å². The van der Waals surface area contributed by atoms with Gasteiger partial charge in [-0.3, -0.25) is 9.59 Å². The number of rotatable bonds is 7. The van der Waals surface area contributed by atoms with Crippen molar-refractivity contribution in [3.63, 3.8) is 0 Å². The summed E-state index contributed by atoms with van der Waals surface area (Å²) in [4.78, 5) is 24.9. The van der Waals surface area contributed by atoms with Crippen LogP contribution < -0.4 is 14.8 Å². The third-order valence-electron chi connectivity index (χ3n) is 3.95. The fourth-order valence-corrected chi connectivity index (χ4v) is 3.51. The molecule has 1 aromatic carbocycles. The predicted octanol–water partition coefficient (Wildman–Crippen LogP) is 4.07. The first-order valence-corrected chi connectivity index (χ1v) is 9.27. The van der Waals surface area contributed by atoms with Gasteiger partial charge in [0.2, 0.25) is 5.91 Å². The molecule has 0 bridgehead atoms. The van der Waals surface area contributed by atoms with E-state index in [-0.39, 0.29) is 30.6 Å². The lowest BCUT2D eigenvalue weighted by Crippen LogP contribution is -2.14. The van der Waals surface area contributed by atoms with Gasteiger partial charge in [0.05, 0.1) is 17.2 Å². The summed E-state index contributed by atoms with van der Waals surface area (Å²) in [5.41, 5.74) is 1.67. The molecule has 0 saturated heterocycles. The summed E-state index contributed by atoms with van der Waals surface area (Å²) in [7, 11) is 0. The second-order valence-electron chi connectivity index (χ2n) is 5.97. The molecular weight excluding hydrogens is 338 g/mol. The number of amides is 1. The molecule has 0 radical (unpaired) electrons. The van der Waals surface area contributed by atoms with Crippen LogP contribution in [0.5, 0.6) is 11.5 Å². The predicted molar refractivity (Wildman–Crippen MR) is 97.9 cm³/mol. The first-order chi connectivity index (χ1) is 12.1. The van der Waals surface area contributed by atoms with E-state index in [9.17, 15) is 9.59 Å². The van der Waals surface area contributed by atoms with E-state index in [0.29, 0.717) is 22.9 Å². The Morgan fingerprint density at radius 2 is 2.20 bits per heavy atom. The molecule has 6 heteroatoms. The molecule has 25 heavy (non-hydrogen) atoms. The van der Waals surface area contributed by atoms with Crippen molar-refractivity contribution in [1.82, 2.24) is 0 Å². The fraction of sp³-hybridized carbons (Fsp3) is 0.368. The Balaban J connectivity index is 1.66. The minimum atomic E-state index is -0.211. The minimum absolute atomic E-state index is 0.0127. The topological polar surface area (TPSA) is 64.6 Å². The third-order valence-corrected chi connectivity index (χ3v) is 4.86. The Morgan fingerprint density at radius 3 is 2.92 bits per heavy atom. The number of nitrogens with one attached hydrogen (secondary N) is 1. The van der Waals surface area contributed by atoms with E-state index in [2.05, 4.69) is 5.32 Å². The summed E-state index contributed by atoms with van der Waals surface area (Å²) in [6.07, 6.45) is 1.28. The first kappa shape index (κ1) is 17.5. The quantitative estimate of drug-likeness (QED) is 0.757. The van der Waals surface area contributed by atoms with Gasteiger partial charge in [0, 0.05) is 30.9 Å². The number of ketones is 1. The van der Waals surface area contributed by atoms with Gasteiger partial charge in [-0.25, -0.2) is 0 Å². The van der Waals surface area contributed by atoms with Gasteiger partial charge >= 0.3 is 0 Å². The van der Waals surface area contributed by atoms with Crippen molar-refractivity contribution >= 4 is 28.7 Å². The molecule has 1 aliphatic rings. The number of benzene rings is 1. The summed E-state index contributed by atoms with van der Waals surface area (Å²) in [6, 6.07) is 7.34. The van der Waals surface area contributed by atoms with E-state index in [1.54, 1.807) is 6.07 Å². The molecule has 0 saturated carbocycles. The van der Waals surface area contributed by atoms with Gasteiger partial charge in [-0.2, -0.15) is 0 Å². The van der Waals surface area contributed by atoms with Gasteiger partial charge in [-0.1, -0.05) is 6.07 Å². The van der Waals surface area contributed by atoms with Gasteiger partial charge in [0.25, 0.3) is 0 Å². The molecule has 1 unspecified atom stereocenters. The van der Waals surface area contributed by atoms with E-state index in [1.165, 1.54) is 11.3 Å². The number of carbonyl (C=O) groups excluding carboxylic acids is 2. The normalized spacial score (nSPS) is 15.4. The zero-order valence-corrected chi connectivity index (χ0v) is 15.2. The Bertz CT molecular complexity index is 770. The monoisotopic (exact) mass is 359 g/mol. The number of Topliss-reactive ketones (excluding diaryl/α,β-unsaturated/α-hetero) is 1. The number of carbonyl (C=O) groups is 2. The maximum atomic E-state index is 12.3. The molecule has 132 valence electrons. The van der Waals surface area contributed by atoms with E-state index in [1.807, 2.05) is 37.4 Å². The van der Waals surface area contributed by atoms with Crippen molar-refractivity contribution in [1.29, 1.82) is 0 Å². The van der Waals surface area contributed by atoms with Crippen molar-refractivity contribution < 1.29 is 19.1 Å². The van der Waals surface area contributed by atoms with Crippen molar-refractivity contribution in [3.05, 3.63) is 40.1 Å². The van der Waals surface area contributed by atoms with E-state index >= 15 is 0 Å². The average molecular weight is 359 g/mol. The highest BCUT2D eigenvalue weighted by molar-refractivity contribution is 7.12. The van der Waals surface area contributed by atoms with E-state index < -0.39 is 0 Å². The molecule has 1 amide bonds. The number of hydrogen-bond donors (Lipinski definition) is 1. The van der Waals surface area contributed by atoms with Crippen LogP contribution in [0.4, 0.5) is 5.69 Å². The Kier molecular flexibility index (Phi) is 5.38. The molecule has 1 aliphatic heterocycles. The Morgan fingerprint density at radius 1 is 1.36 bits per heavy atom. The summed E-state index contributed by atoms with van der Waals surface area (Å²) in [5, 5.41) is 4.70. The lowest BCUT2D eigenvalue weighted by atomic mass is 10.1. The van der Waals surface area contributed by atoms with Crippen molar-refractivity contribution in [2.24, 2.45) is 0 Å². The highest BCUT2D eigenvalue weighted by atomic mass is 32.1. The molecule has 2 aromatic rings. The van der Waals surface area contributed by atoms with Gasteiger partial charge in [-0.05, 0) is 31.4 Å². The molecule has 0 fully saturated rings. The summed E-state index contributed by atoms with van der Waals surface area (Å²) in [5.74, 6) is 1.19. The maximum absolute atomic E-state index is 12.3. The first-order valence-electron chi connectivity index (χ1n) is 8.39. The van der Waals surface area contributed by atoms with Crippen LogP contribution in [0.3, 0.4) is 0 Å². The van der Waals surface area contributed by atoms with Crippen LogP contribution in [0.15, 0.2) is 29.6 Å². The second kappa shape index (κ2) is 7.70. The van der Waals surface area contributed by atoms with Crippen molar-refractivity contribution in [3.8, 4) is 11.5 Å². The van der Waals surface area contributed by atoms with Crippen LogP contribution in [-0.4, -0.2) is 24.4 Å². The van der Waals surface area contributed by atoms with Crippen molar-refractivity contribution in [2.75, 3.05) is 11.9 Å². The maximum Gasteiger partial charge on any atom is 0.224 e. The zero-order valence-electron chi connectivity index (χ0n) is 14.3. The van der Waals surface area contributed by atoms with Crippen LogP contribution in [0.2, 0.25) is 0 Å². The lowest BCUT2D eigenvalue weighted by Gasteiger charge is -2.13. The number of hydrogen-bond acceptors (Lipinski definition) is 5. The summed E-state index contributed by atoms with van der Waals surface area (Å²) >= 11 is 1.39. The van der Waals surface area contributed by atoms with E-state index in [0.717, 1.165) is 17.7 Å². The number of thiophene rings is 1. The van der Waals surface area contributed by atoms with Crippen LogP contribution in [0.25, 0.3) is 0 Å². The van der Waals surface area contributed by atoms with Crippen LogP contribution in [0, 0.1) is 0 Å². The molecule has 0 aliphatic carbocycles. The summed E-state index contributed by atoms with van der Waals surface area (Å²) < 4.78 is 11.4. The average Bonchev–Trinajstić information content (AvgIpc) is 3.22. The largest absolute Gasteiger partial charge is 0.492 e. The highest BCUT2D eigenvalue weighted by Gasteiger charge is 2.22. The van der Waals surface area contributed by atoms with E-state index in [4.69, 9.17) is 9.47 Å². The second-order valence-corrected chi connectivity index (χ2v) is 6.92. The fourth-order valence-electron chi connectivity index (χ4n) is 2.81. The summed E-state index contributed by atoms with van der Waals surface area (Å²) in [6.45, 7) is 4.42. The zero-order chi connectivity index (χ0) is 17.8. The molecule has 1 N–H and O–H groups in total. The SMILES string of the molecule is CCOc1cc2c(cc1NC(=O)CCC(=O)c1cccs1)OC(C)C2. The Hall–Kier alpha value is -2.34. The third kappa shape index (κ3) is 4.20. The van der Waals surface area contributed by atoms with Gasteiger partial charge in [0.1, 0.15) is 17.6 Å². The molecular formula is C19H21NO4S. The highest BCUT2D eigenvalue weighted by Crippen LogP contribution is 2.38. The van der Waals surface area contributed by atoms with Gasteiger partial charge in [-0.15, -0.1) is 11.3 Å². The van der Waals surface area contributed by atoms with Crippen LogP contribution >= 0.6 is 11.3 Å². The van der Waals surface area contributed by atoms with Gasteiger partial charge < -0.3 is 14.8 Å². The molecule has 0 spiro atoms. The molecule has 5 nitrogen and oxygen atoms in total. The van der Waals surface area contributed by atoms with Crippen LogP contribution in [0.1, 0.15) is 41.9 Å². The van der Waals surface area contributed by atoms with Crippen molar-refractivity contribution in [2.45, 2.75) is 39.2 Å². The minimum Gasteiger partial charge on any atom is -0.492 e. The molecule has 2 heterocycles. The number of ether oxygens (including phenoxy) is 2. The lowest BCUT2D eigenvalue weighted by molar-refractivity contribution is -0.116. The smallest absolute Gasteiger partial charge is 0.224 e. The number of anilines is 1. The number of fused-ring (bicyclic) bond motifs is 1.